The van der Waals surface area contributed by atoms with Crippen molar-refractivity contribution in [1.29, 1.82) is 0 Å². The Morgan fingerprint density at radius 2 is 1.87 bits per heavy atom. The molecule has 0 aliphatic carbocycles. The fraction of sp³-hybridized carbons (Fsp3) is 0.304. The number of hydrogen-bond acceptors (Lipinski definition) is 5. The smallest absolute Gasteiger partial charge is 0.337 e. The number of carbonyl (C=O) groups is 1. The van der Waals surface area contributed by atoms with Gasteiger partial charge in [-0.1, -0.05) is 36.4 Å². The Hall–Kier alpha value is -3.06. The van der Waals surface area contributed by atoms with Crippen molar-refractivity contribution in [2.75, 3.05) is 20.3 Å². The zero-order chi connectivity index (χ0) is 21.5. The molecule has 7 heteroatoms. The van der Waals surface area contributed by atoms with Crippen LogP contribution in [-0.2, 0) is 16.0 Å². The fourth-order valence-corrected chi connectivity index (χ4v) is 3.61. The van der Waals surface area contributed by atoms with Crippen LogP contribution in [0.3, 0.4) is 0 Å². The fourth-order valence-electron chi connectivity index (χ4n) is 3.34. The summed E-state index contributed by atoms with van der Waals surface area (Å²) >= 11 is 5.28. The van der Waals surface area contributed by atoms with Crippen LogP contribution < -0.4 is 20.1 Å². The van der Waals surface area contributed by atoms with Crippen LogP contribution in [0.25, 0.3) is 0 Å². The van der Waals surface area contributed by atoms with Gasteiger partial charge in [0.2, 0.25) is 0 Å². The number of esters is 1. The number of methoxy groups -OCH3 is 1. The summed E-state index contributed by atoms with van der Waals surface area (Å²) in [4.78, 5) is 12.4. The highest BCUT2D eigenvalue weighted by molar-refractivity contribution is 7.80. The van der Waals surface area contributed by atoms with Crippen LogP contribution >= 0.6 is 12.2 Å². The Morgan fingerprint density at radius 3 is 2.57 bits per heavy atom. The first-order valence-electron chi connectivity index (χ1n) is 9.83. The van der Waals surface area contributed by atoms with E-state index in [0.29, 0.717) is 41.1 Å². The standard InChI is InChI=1S/C23H26N2O4S/c1-4-28-19-14-17(21-20(22(26)27-3)15(2)24-23(30)25-21)10-11-18(19)29-13-12-16-8-6-5-7-9-16/h5-11,14,21H,4,12-13H2,1-3H3,(H2,24,25,30). The average Bonchev–Trinajstić information content (AvgIpc) is 2.74. The topological polar surface area (TPSA) is 68.8 Å². The normalized spacial score (nSPS) is 15.8. The van der Waals surface area contributed by atoms with Gasteiger partial charge in [-0.15, -0.1) is 0 Å². The third kappa shape index (κ3) is 5.10. The summed E-state index contributed by atoms with van der Waals surface area (Å²) < 4.78 is 16.8. The number of benzene rings is 2. The van der Waals surface area contributed by atoms with Crippen LogP contribution in [0.5, 0.6) is 11.5 Å². The quantitative estimate of drug-likeness (QED) is 0.493. The van der Waals surface area contributed by atoms with E-state index in [9.17, 15) is 4.79 Å². The van der Waals surface area contributed by atoms with Crippen molar-refractivity contribution >= 4 is 23.3 Å². The molecule has 30 heavy (non-hydrogen) atoms. The van der Waals surface area contributed by atoms with E-state index >= 15 is 0 Å². The van der Waals surface area contributed by atoms with E-state index in [1.807, 2.05) is 43.3 Å². The van der Waals surface area contributed by atoms with Crippen molar-refractivity contribution < 1.29 is 19.0 Å². The Balaban J connectivity index is 1.83. The first-order chi connectivity index (χ1) is 14.5. The van der Waals surface area contributed by atoms with Gasteiger partial charge >= 0.3 is 5.97 Å². The Bertz CT molecular complexity index is 943. The van der Waals surface area contributed by atoms with Crippen molar-refractivity contribution in [3.05, 3.63) is 70.9 Å². The van der Waals surface area contributed by atoms with Crippen molar-refractivity contribution in [2.45, 2.75) is 26.3 Å². The van der Waals surface area contributed by atoms with Gasteiger partial charge in [-0.3, -0.25) is 0 Å². The minimum absolute atomic E-state index is 0.416. The lowest BCUT2D eigenvalue weighted by atomic mass is 9.95. The summed E-state index contributed by atoms with van der Waals surface area (Å²) in [5, 5.41) is 6.58. The first kappa shape index (κ1) is 21.6. The molecule has 0 bridgehead atoms. The molecule has 1 aliphatic rings. The van der Waals surface area contributed by atoms with Crippen molar-refractivity contribution in [3.63, 3.8) is 0 Å². The number of hydrogen-bond donors (Lipinski definition) is 2. The lowest BCUT2D eigenvalue weighted by Crippen LogP contribution is -2.45. The third-order valence-corrected chi connectivity index (χ3v) is 4.99. The Morgan fingerprint density at radius 1 is 1.10 bits per heavy atom. The molecule has 0 saturated carbocycles. The number of ether oxygens (including phenoxy) is 3. The number of carbonyl (C=O) groups excluding carboxylic acids is 1. The molecule has 0 aromatic heterocycles. The lowest BCUT2D eigenvalue weighted by molar-refractivity contribution is -0.136. The lowest BCUT2D eigenvalue weighted by Gasteiger charge is -2.30. The highest BCUT2D eigenvalue weighted by Gasteiger charge is 2.31. The molecule has 1 unspecified atom stereocenters. The van der Waals surface area contributed by atoms with E-state index in [1.54, 1.807) is 6.92 Å². The maximum absolute atomic E-state index is 12.4. The second-order valence-electron chi connectivity index (χ2n) is 6.78. The zero-order valence-corrected chi connectivity index (χ0v) is 18.2. The van der Waals surface area contributed by atoms with Crippen LogP contribution in [-0.4, -0.2) is 31.4 Å². The van der Waals surface area contributed by atoms with Gasteiger partial charge in [0.1, 0.15) is 0 Å². The first-order valence-corrected chi connectivity index (χ1v) is 10.2. The summed E-state index contributed by atoms with van der Waals surface area (Å²) in [7, 11) is 1.36. The number of nitrogens with one attached hydrogen (secondary N) is 2. The SMILES string of the molecule is CCOc1cc(C2NC(=S)NC(C)=C2C(=O)OC)ccc1OCCc1ccccc1. The van der Waals surface area contributed by atoms with Crippen molar-refractivity contribution in [3.8, 4) is 11.5 Å². The molecule has 3 rings (SSSR count). The monoisotopic (exact) mass is 426 g/mol. The molecule has 1 aliphatic heterocycles. The predicted octanol–water partition coefficient (Wildman–Crippen LogP) is 3.67. The molecule has 1 atom stereocenters. The van der Waals surface area contributed by atoms with Crippen LogP contribution in [0.2, 0.25) is 0 Å². The highest BCUT2D eigenvalue weighted by atomic mass is 32.1. The largest absolute Gasteiger partial charge is 0.490 e. The van der Waals surface area contributed by atoms with Gasteiger partial charge in [-0.2, -0.15) is 0 Å². The summed E-state index contributed by atoms with van der Waals surface area (Å²) in [5.74, 6) is 0.866. The van der Waals surface area contributed by atoms with Crippen LogP contribution in [0.1, 0.15) is 31.0 Å². The molecule has 1 heterocycles. The molecule has 0 spiro atoms. The maximum atomic E-state index is 12.4. The summed E-state index contributed by atoms with van der Waals surface area (Å²) in [6, 6.07) is 15.4. The molecule has 2 aromatic carbocycles. The van der Waals surface area contributed by atoms with Gasteiger partial charge in [-0.25, -0.2) is 4.79 Å². The number of thiocarbonyl (C=S) groups is 1. The van der Waals surface area contributed by atoms with Gasteiger partial charge < -0.3 is 24.8 Å². The second kappa shape index (κ2) is 10.1. The van der Waals surface area contributed by atoms with Gasteiger partial charge in [-0.05, 0) is 49.3 Å². The summed E-state index contributed by atoms with van der Waals surface area (Å²) in [6.07, 6.45) is 0.798. The molecule has 0 radical (unpaired) electrons. The maximum Gasteiger partial charge on any atom is 0.337 e. The number of rotatable bonds is 8. The van der Waals surface area contributed by atoms with E-state index in [-0.39, 0.29) is 0 Å². The third-order valence-electron chi connectivity index (χ3n) is 4.77. The minimum Gasteiger partial charge on any atom is -0.490 e. The average molecular weight is 427 g/mol. The molecule has 158 valence electrons. The van der Waals surface area contributed by atoms with Gasteiger partial charge in [0.15, 0.2) is 16.6 Å². The molecule has 2 N–H and O–H groups in total. The second-order valence-corrected chi connectivity index (χ2v) is 7.19. The van der Waals surface area contributed by atoms with Crippen molar-refractivity contribution in [1.82, 2.24) is 10.6 Å². The molecule has 0 saturated heterocycles. The molecular weight excluding hydrogens is 400 g/mol. The predicted molar refractivity (Wildman–Crippen MR) is 120 cm³/mol. The zero-order valence-electron chi connectivity index (χ0n) is 17.4. The Labute approximate surface area is 182 Å². The van der Waals surface area contributed by atoms with Crippen LogP contribution in [0.15, 0.2) is 59.8 Å². The molecule has 0 fully saturated rings. The molecule has 6 nitrogen and oxygen atoms in total. The Kier molecular flexibility index (Phi) is 7.30. The van der Waals surface area contributed by atoms with Gasteiger partial charge in [0.25, 0.3) is 0 Å². The molecule has 0 amide bonds. The van der Waals surface area contributed by atoms with E-state index in [4.69, 9.17) is 26.4 Å². The highest BCUT2D eigenvalue weighted by Crippen LogP contribution is 2.34. The van der Waals surface area contributed by atoms with Crippen LogP contribution in [0.4, 0.5) is 0 Å². The molecule has 2 aromatic rings. The van der Waals surface area contributed by atoms with E-state index < -0.39 is 12.0 Å². The van der Waals surface area contributed by atoms with Crippen molar-refractivity contribution in [2.24, 2.45) is 0 Å². The number of allylic oxidation sites excluding steroid dienone is 1. The summed E-state index contributed by atoms with van der Waals surface area (Å²) in [5.41, 5.74) is 3.18. The van der Waals surface area contributed by atoms with E-state index in [1.165, 1.54) is 12.7 Å². The minimum atomic E-state index is -0.441. The van der Waals surface area contributed by atoms with E-state index in [2.05, 4.69) is 22.8 Å². The van der Waals surface area contributed by atoms with Gasteiger partial charge in [0.05, 0.1) is 31.9 Å². The van der Waals surface area contributed by atoms with Crippen LogP contribution in [0, 0.1) is 0 Å². The van der Waals surface area contributed by atoms with Gasteiger partial charge in [0, 0.05) is 12.1 Å². The van der Waals surface area contributed by atoms with E-state index in [0.717, 1.165) is 12.0 Å². The summed E-state index contributed by atoms with van der Waals surface area (Å²) in [6.45, 7) is 4.75. The molecular formula is C23H26N2O4S.